The maximum absolute atomic E-state index is 12.0. The van der Waals surface area contributed by atoms with Crippen LogP contribution in [0.15, 0.2) is 18.2 Å². The summed E-state index contributed by atoms with van der Waals surface area (Å²) in [6, 6.07) is 4.68. The Bertz CT molecular complexity index is 544. The monoisotopic (exact) mass is 331 g/mol. The van der Waals surface area contributed by atoms with Crippen molar-refractivity contribution in [2.24, 2.45) is 5.92 Å². The SMILES string of the molecule is O=C(C[C@@H](C(=O)O)[C@@H]1CCCO1)Nc1ccc(Cl)cc1Cl. The molecule has 1 aromatic rings. The highest BCUT2D eigenvalue weighted by atomic mass is 35.5. The zero-order valence-corrected chi connectivity index (χ0v) is 12.7. The highest BCUT2D eigenvalue weighted by Crippen LogP contribution is 2.27. The second kappa shape index (κ2) is 7.11. The van der Waals surface area contributed by atoms with Gasteiger partial charge in [0.15, 0.2) is 0 Å². The smallest absolute Gasteiger partial charge is 0.309 e. The van der Waals surface area contributed by atoms with E-state index in [2.05, 4.69) is 5.32 Å². The summed E-state index contributed by atoms with van der Waals surface area (Å²) in [6.07, 6.45) is 0.915. The van der Waals surface area contributed by atoms with Crippen LogP contribution in [0.2, 0.25) is 10.0 Å². The maximum Gasteiger partial charge on any atom is 0.309 e. The van der Waals surface area contributed by atoms with Gasteiger partial charge in [-0.2, -0.15) is 0 Å². The van der Waals surface area contributed by atoms with E-state index in [0.717, 1.165) is 6.42 Å². The Morgan fingerprint density at radius 2 is 2.19 bits per heavy atom. The highest BCUT2D eigenvalue weighted by molar-refractivity contribution is 6.36. The number of nitrogens with one attached hydrogen (secondary N) is 1. The second-order valence-corrected chi connectivity index (χ2v) is 5.72. The van der Waals surface area contributed by atoms with Gasteiger partial charge in [-0.15, -0.1) is 0 Å². The Balaban J connectivity index is 2.00. The molecule has 2 rings (SSSR count). The van der Waals surface area contributed by atoms with E-state index >= 15 is 0 Å². The number of benzene rings is 1. The first-order valence-corrected chi connectivity index (χ1v) is 7.32. The molecular formula is C14H15Cl2NO4. The maximum atomic E-state index is 12.0. The fraction of sp³-hybridized carbons (Fsp3) is 0.429. The number of carboxylic acids is 1. The first-order chi connectivity index (χ1) is 9.97. The molecule has 1 amide bonds. The van der Waals surface area contributed by atoms with E-state index in [-0.39, 0.29) is 6.42 Å². The summed E-state index contributed by atoms with van der Waals surface area (Å²) >= 11 is 11.7. The number of amides is 1. The van der Waals surface area contributed by atoms with Gasteiger partial charge in [-0.05, 0) is 31.0 Å². The highest BCUT2D eigenvalue weighted by Gasteiger charge is 2.33. The predicted octanol–water partition coefficient (Wildman–Crippen LogP) is 3.20. The average Bonchev–Trinajstić information content (AvgIpc) is 2.92. The number of hydrogen-bond acceptors (Lipinski definition) is 3. The van der Waals surface area contributed by atoms with Crippen LogP contribution in [0, 0.1) is 5.92 Å². The van der Waals surface area contributed by atoms with Gasteiger partial charge in [0.25, 0.3) is 0 Å². The van der Waals surface area contributed by atoms with Crippen molar-refractivity contribution in [3.05, 3.63) is 28.2 Å². The predicted molar refractivity (Wildman–Crippen MR) is 79.8 cm³/mol. The van der Waals surface area contributed by atoms with E-state index in [9.17, 15) is 14.7 Å². The number of carboxylic acid groups (broad SMARTS) is 1. The van der Waals surface area contributed by atoms with Crippen LogP contribution in [0.4, 0.5) is 5.69 Å². The summed E-state index contributed by atoms with van der Waals surface area (Å²) in [5, 5.41) is 12.6. The lowest BCUT2D eigenvalue weighted by atomic mass is 9.96. The van der Waals surface area contributed by atoms with Gasteiger partial charge in [0.05, 0.1) is 22.7 Å². The van der Waals surface area contributed by atoms with Gasteiger partial charge in [-0.25, -0.2) is 0 Å². The number of aliphatic carboxylic acids is 1. The van der Waals surface area contributed by atoms with Crippen LogP contribution in [0.3, 0.4) is 0 Å². The average molecular weight is 332 g/mol. The molecule has 0 radical (unpaired) electrons. The molecule has 1 aliphatic heterocycles. The molecule has 2 atom stereocenters. The molecule has 1 fully saturated rings. The first kappa shape index (κ1) is 16.1. The molecule has 0 spiro atoms. The lowest BCUT2D eigenvalue weighted by Crippen LogP contribution is -2.31. The standard InChI is InChI=1S/C14H15Cl2NO4/c15-8-3-4-11(10(16)6-8)17-13(18)7-9(14(19)20)12-2-1-5-21-12/h3-4,6,9,12H,1-2,5,7H2,(H,17,18)(H,19,20)/t9-,12+/m1/s1. The molecule has 0 unspecified atom stereocenters. The number of carbonyl (C=O) groups excluding carboxylic acids is 1. The number of anilines is 1. The molecule has 21 heavy (non-hydrogen) atoms. The number of halogens is 2. The van der Waals surface area contributed by atoms with Crippen LogP contribution in [0.5, 0.6) is 0 Å². The van der Waals surface area contributed by atoms with Gasteiger partial charge in [0.2, 0.25) is 5.91 Å². The molecule has 0 saturated carbocycles. The minimum atomic E-state index is -1.03. The van der Waals surface area contributed by atoms with E-state index in [1.165, 1.54) is 6.07 Å². The molecule has 0 aromatic heterocycles. The van der Waals surface area contributed by atoms with Gasteiger partial charge in [-0.1, -0.05) is 23.2 Å². The number of hydrogen-bond donors (Lipinski definition) is 2. The summed E-state index contributed by atoms with van der Waals surface area (Å²) in [4.78, 5) is 23.3. The first-order valence-electron chi connectivity index (χ1n) is 6.56. The number of ether oxygens (including phenoxy) is 1. The Labute approximate surface area is 132 Å². The molecule has 2 N–H and O–H groups in total. The molecule has 5 nitrogen and oxygen atoms in total. The molecule has 1 saturated heterocycles. The van der Waals surface area contributed by atoms with E-state index in [1.54, 1.807) is 12.1 Å². The van der Waals surface area contributed by atoms with E-state index < -0.39 is 23.9 Å². The minimum Gasteiger partial charge on any atom is -0.481 e. The molecule has 1 aromatic carbocycles. The normalized spacial score (nSPS) is 19.2. The van der Waals surface area contributed by atoms with Crippen LogP contribution in [-0.4, -0.2) is 29.7 Å². The second-order valence-electron chi connectivity index (χ2n) is 4.87. The summed E-state index contributed by atoms with van der Waals surface area (Å²) in [7, 11) is 0. The lowest BCUT2D eigenvalue weighted by molar-refractivity contribution is -0.148. The zero-order chi connectivity index (χ0) is 15.4. The zero-order valence-electron chi connectivity index (χ0n) is 11.1. The van der Waals surface area contributed by atoms with Crippen LogP contribution >= 0.6 is 23.2 Å². The summed E-state index contributed by atoms with van der Waals surface area (Å²) in [6.45, 7) is 0.541. The molecule has 114 valence electrons. The lowest BCUT2D eigenvalue weighted by Gasteiger charge is -2.18. The van der Waals surface area contributed by atoms with Crippen molar-refractivity contribution in [2.75, 3.05) is 11.9 Å². The Kier molecular flexibility index (Phi) is 5.45. The third-order valence-electron chi connectivity index (χ3n) is 3.34. The van der Waals surface area contributed by atoms with Gasteiger partial charge < -0.3 is 15.2 Å². The van der Waals surface area contributed by atoms with Crippen LogP contribution < -0.4 is 5.32 Å². The molecule has 0 aliphatic carbocycles. The van der Waals surface area contributed by atoms with Gasteiger partial charge in [-0.3, -0.25) is 9.59 Å². The Morgan fingerprint density at radius 1 is 1.43 bits per heavy atom. The van der Waals surface area contributed by atoms with Crippen LogP contribution in [-0.2, 0) is 14.3 Å². The van der Waals surface area contributed by atoms with Gasteiger partial charge >= 0.3 is 5.97 Å². The van der Waals surface area contributed by atoms with Crippen molar-refractivity contribution in [3.8, 4) is 0 Å². The van der Waals surface area contributed by atoms with E-state index in [0.29, 0.717) is 28.8 Å². The fourth-order valence-corrected chi connectivity index (χ4v) is 2.75. The summed E-state index contributed by atoms with van der Waals surface area (Å²) in [5.41, 5.74) is 0.405. The van der Waals surface area contributed by atoms with Gasteiger partial charge in [0.1, 0.15) is 0 Å². The third-order valence-corrected chi connectivity index (χ3v) is 3.89. The molecule has 7 heteroatoms. The van der Waals surface area contributed by atoms with E-state index in [4.69, 9.17) is 27.9 Å². The molecular weight excluding hydrogens is 317 g/mol. The van der Waals surface area contributed by atoms with Crippen LogP contribution in [0.25, 0.3) is 0 Å². The van der Waals surface area contributed by atoms with Crippen molar-refractivity contribution in [1.29, 1.82) is 0 Å². The van der Waals surface area contributed by atoms with Crippen molar-refractivity contribution in [3.63, 3.8) is 0 Å². The molecule has 1 aliphatic rings. The van der Waals surface area contributed by atoms with Crippen LogP contribution in [0.1, 0.15) is 19.3 Å². The topological polar surface area (TPSA) is 75.6 Å². The Morgan fingerprint density at radius 3 is 2.76 bits per heavy atom. The van der Waals surface area contributed by atoms with Crippen molar-refractivity contribution >= 4 is 40.8 Å². The summed E-state index contributed by atoms with van der Waals surface area (Å²) in [5.74, 6) is -2.29. The largest absolute Gasteiger partial charge is 0.481 e. The van der Waals surface area contributed by atoms with Gasteiger partial charge in [0, 0.05) is 18.1 Å². The minimum absolute atomic E-state index is 0.154. The Hall–Kier alpha value is -1.30. The van der Waals surface area contributed by atoms with Crippen molar-refractivity contribution in [1.82, 2.24) is 0 Å². The number of rotatable bonds is 5. The summed E-state index contributed by atoms with van der Waals surface area (Å²) < 4.78 is 5.36. The number of carbonyl (C=O) groups is 2. The third kappa shape index (κ3) is 4.33. The quantitative estimate of drug-likeness (QED) is 0.868. The fourth-order valence-electron chi connectivity index (χ4n) is 2.29. The molecule has 0 bridgehead atoms. The van der Waals surface area contributed by atoms with Crippen molar-refractivity contribution in [2.45, 2.75) is 25.4 Å². The van der Waals surface area contributed by atoms with E-state index in [1.807, 2.05) is 0 Å². The van der Waals surface area contributed by atoms with Crippen molar-refractivity contribution < 1.29 is 19.4 Å². The molecule has 1 heterocycles.